The topological polar surface area (TPSA) is 63.4 Å². The van der Waals surface area contributed by atoms with Gasteiger partial charge in [-0.25, -0.2) is 0 Å². The molecule has 1 aliphatic rings. The number of rotatable bonds is 8. The molecule has 0 saturated carbocycles. The number of nitrogen functional groups attached to an aromatic ring is 1. The molecule has 2 aromatic rings. The lowest BCUT2D eigenvalue weighted by molar-refractivity contribution is -0.134. The van der Waals surface area contributed by atoms with E-state index in [2.05, 4.69) is 0 Å². The normalized spacial score (nSPS) is 16.3. The Morgan fingerprint density at radius 2 is 1.82 bits per heavy atom. The highest BCUT2D eigenvalue weighted by atomic mass is 35.5. The van der Waals surface area contributed by atoms with Crippen LogP contribution in [0, 0.1) is 0 Å². The van der Waals surface area contributed by atoms with Crippen molar-refractivity contribution < 1.29 is 9.59 Å². The average molecular weight is 399 g/mol. The zero-order valence-corrected chi connectivity index (χ0v) is 16.8. The molecule has 3 rings (SSSR count). The Morgan fingerprint density at radius 3 is 2.57 bits per heavy atom. The number of halogens is 1. The minimum absolute atomic E-state index is 0.0883. The number of anilines is 1. The number of hydrogen-bond acceptors (Lipinski definition) is 3. The summed E-state index contributed by atoms with van der Waals surface area (Å²) in [5.41, 5.74) is 8.64. The van der Waals surface area contributed by atoms with E-state index in [-0.39, 0.29) is 17.7 Å². The van der Waals surface area contributed by atoms with Crippen molar-refractivity contribution in [2.24, 2.45) is 0 Å². The summed E-state index contributed by atoms with van der Waals surface area (Å²) in [5.74, 6) is 0.223. The molecular formula is C23H27ClN2O2. The number of carbonyl (C=O) groups is 2. The van der Waals surface area contributed by atoms with E-state index in [1.54, 1.807) is 0 Å². The Hall–Kier alpha value is -2.33. The number of hydrogen-bond donors (Lipinski definition) is 1. The lowest BCUT2D eigenvalue weighted by atomic mass is 10.0. The van der Waals surface area contributed by atoms with Gasteiger partial charge in [0, 0.05) is 42.6 Å². The molecule has 0 radical (unpaired) electrons. The highest BCUT2D eigenvalue weighted by molar-refractivity contribution is 6.30. The zero-order chi connectivity index (χ0) is 19.9. The highest BCUT2D eigenvalue weighted by Gasteiger charge is 2.28. The highest BCUT2D eigenvalue weighted by Crippen LogP contribution is 2.23. The fourth-order valence-electron chi connectivity index (χ4n) is 3.80. The Bertz CT molecular complexity index is 820. The van der Waals surface area contributed by atoms with Gasteiger partial charge in [-0.3, -0.25) is 9.59 Å². The molecule has 1 atom stereocenters. The van der Waals surface area contributed by atoms with Crippen molar-refractivity contribution in [3.63, 3.8) is 0 Å². The van der Waals surface area contributed by atoms with Gasteiger partial charge in [0.15, 0.2) is 0 Å². The molecule has 1 saturated heterocycles. The number of benzene rings is 2. The van der Waals surface area contributed by atoms with E-state index in [1.165, 1.54) is 0 Å². The smallest absolute Gasteiger partial charge is 0.223 e. The van der Waals surface area contributed by atoms with Crippen LogP contribution in [0.2, 0.25) is 5.02 Å². The molecule has 4 nitrogen and oxygen atoms in total. The van der Waals surface area contributed by atoms with Crippen molar-refractivity contribution in [3.8, 4) is 0 Å². The second-order valence-corrected chi connectivity index (χ2v) is 7.93. The molecule has 28 heavy (non-hydrogen) atoms. The van der Waals surface area contributed by atoms with Crippen LogP contribution in [0.5, 0.6) is 0 Å². The van der Waals surface area contributed by atoms with Gasteiger partial charge in [-0.15, -0.1) is 0 Å². The van der Waals surface area contributed by atoms with E-state index in [0.717, 1.165) is 47.6 Å². The maximum absolute atomic E-state index is 12.7. The summed E-state index contributed by atoms with van der Waals surface area (Å²) in [5, 5.41) is 0.722. The molecule has 1 amide bonds. The third-order valence-corrected chi connectivity index (χ3v) is 5.58. The van der Waals surface area contributed by atoms with Gasteiger partial charge in [-0.2, -0.15) is 0 Å². The van der Waals surface area contributed by atoms with E-state index in [9.17, 15) is 9.59 Å². The van der Waals surface area contributed by atoms with Gasteiger partial charge in [0.1, 0.15) is 5.78 Å². The Labute approximate surface area is 171 Å². The van der Waals surface area contributed by atoms with Gasteiger partial charge in [0.05, 0.1) is 0 Å². The van der Waals surface area contributed by atoms with Crippen LogP contribution in [0.15, 0.2) is 48.5 Å². The number of aryl methyl sites for hydroxylation is 1. The lowest BCUT2D eigenvalue weighted by Crippen LogP contribution is -2.36. The van der Waals surface area contributed by atoms with E-state index >= 15 is 0 Å². The van der Waals surface area contributed by atoms with Crippen LogP contribution < -0.4 is 5.73 Å². The van der Waals surface area contributed by atoms with Crippen LogP contribution in [0.3, 0.4) is 0 Å². The molecule has 2 aromatic carbocycles. The van der Waals surface area contributed by atoms with Gasteiger partial charge in [0.25, 0.3) is 0 Å². The number of amides is 1. The first-order chi connectivity index (χ1) is 13.5. The summed E-state index contributed by atoms with van der Waals surface area (Å²) >= 11 is 6.07. The van der Waals surface area contributed by atoms with Crippen molar-refractivity contribution >= 4 is 29.0 Å². The Morgan fingerprint density at radius 1 is 1.04 bits per heavy atom. The number of likely N-dealkylation sites (tertiary alicyclic amines) is 1. The maximum Gasteiger partial charge on any atom is 0.223 e. The van der Waals surface area contributed by atoms with Crippen LogP contribution in [0.25, 0.3) is 0 Å². The summed E-state index contributed by atoms with van der Waals surface area (Å²) in [6.45, 7) is 0.781. The first kappa shape index (κ1) is 20.4. The Kier molecular flexibility index (Phi) is 7.10. The zero-order valence-electron chi connectivity index (χ0n) is 16.1. The minimum Gasteiger partial charge on any atom is -0.399 e. The van der Waals surface area contributed by atoms with Crippen LogP contribution in [0.1, 0.15) is 43.2 Å². The third kappa shape index (κ3) is 5.83. The first-order valence-corrected chi connectivity index (χ1v) is 10.3. The quantitative estimate of drug-likeness (QED) is 0.668. The lowest BCUT2D eigenvalue weighted by Gasteiger charge is -2.25. The van der Waals surface area contributed by atoms with Crippen molar-refractivity contribution in [2.45, 2.75) is 51.0 Å². The largest absolute Gasteiger partial charge is 0.399 e. The monoisotopic (exact) mass is 398 g/mol. The van der Waals surface area contributed by atoms with Gasteiger partial charge in [-0.05, 0) is 61.1 Å². The average Bonchev–Trinajstić information content (AvgIpc) is 3.14. The van der Waals surface area contributed by atoms with E-state index in [1.807, 2.05) is 53.4 Å². The van der Waals surface area contributed by atoms with Gasteiger partial charge < -0.3 is 10.6 Å². The van der Waals surface area contributed by atoms with Gasteiger partial charge in [-0.1, -0.05) is 35.9 Å². The Balaban J connectivity index is 1.45. The van der Waals surface area contributed by atoms with Crippen molar-refractivity contribution in [1.29, 1.82) is 0 Å². The van der Waals surface area contributed by atoms with Crippen LogP contribution >= 0.6 is 11.6 Å². The van der Waals surface area contributed by atoms with Crippen molar-refractivity contribution in [1.82, 2.24) is 4.90 Å². The predicted molar refractivity (Wildman–Crippen MR) is 113 cm³/mol. The van der Waals surface area contributed by atoms with E-state index in [0.29, 0.717) is 25.7 Å². The standard InChI is InChI=1S/C23H27ClN2O2/c24-19-4-1-3-18(15-19)16-21-5-2-14-26(21)23(28)13-12-22(27)11-8-17-6-9-20(25)10-7-17/h1,3-4,6-7,9-10,15,21H,2,5,8,11-14,16,25H2. The van der Waals surface area contributed by atoms with Crippen molar-refractivity contribution in [2.75, 3.05) is 12.3 Å². The van der Waals surface area contributed by atoms with Crippen LogP contribution in [-0.2, 0) is 22.4 Å². The molecule has 2 N–H and O–H groups in total. The maximum atomic E-state index is 12.7. The summed E-state index contributed by atoms with van der Waals surface area (Å²) in [6.07, 6.45) is 4.60. The number of nitrogens with zero attached hydrogens (tertiary/aromatic N) is 1. The second-order valence-electron chi connectivity index (χ2n) is 7.50. The fourth-order valence-corrected chi connectivity index (χ4v) is 4.01. The molecule has 1 heterocycles. The minimum atomic E-state index is 0.0883. The molecule has 0 aliphatic carbocycles. The van der Waals surface area contributed by atoms with Crippen molar-refractivity contribution in [3.05, 3.63) is 64.7 Å². The van der Waals surface area contributed by atoms with E-state index in [4.69, 9.17) is 17.3 Å². The molecule has 0 aromatic heterocycles. The van der Waals surface area contributed by atoms with E-state index < -0.39 is 0 Å². The molecule has 1 fully saturated rings. The van der Waals surface area contributed by atoms with Gasteiger partial charge >= 0.3 is 0 Å². The SMILES string of the molecule is Nc1ccc(CCC(=O)CCC(=O)N2CCCC2Cc2cccc(Cl)c2)cc1. The van der Waals surface area contributed by atoms with Crippen LogP contribution in [0.4, 0.5) is 5.69 Å². The number of Topliss-reactive ketones (excluding diaryl/α,β-unsaturated/α-hetero) is 1. The molecule has 148 valence electrons. The molecule has 0 bridgehead atoms. The molecule has 0 spiro atoms. The fraction of sp³-hybridized carbons (Fsp3) is 0.391. The number of nitrogens with two attached hydrogens (primary N) is 1. The molecule has 1 aliphatic heterocycles. The van der Waals surface area contributed by atoms with Crippen LogP contribution in [-0.4, -0.2) is 29.2 Å². The number of carbonyl (C=O) groups excluding carboxylic acids is 2. The van der Waals surface area contributed by atoms with Gasteiger partial charge in [0.2, 0.25) is 5.91 Å². The summed E-state index contributed by atoms with van der Waals surface area (Å²) in [6, 6.07) is 15.6. The second kappa shape index (κ2) is 9.74. The molecule has 5 heteroatoms. The molecular weight excluding hydrogens is 372 g/mol. The summed E-state index contributed by atoms with van der Waals surface area (Å²) < 4.78 is 0. The predicted octanol–water partition coefficient (Wildman–Crippen LogP) is 4.44. The summed E-state index contributed by atoms with van der Waals surface area (Å²) in [4.78, 5) is 26.8. The first-order valence-electron chi connectivity index (χ1n) is 9.91. The third-order valence-electron chi connectivity index (χ3n) is 5.35. The summed E-state index contributed by atoms with van der Waals surface area (Å²) in [7, 11) is 0. The molecule has 1 unspecified atom stereocenters. The number of ketones is 1.